The maximum absolute atomic E-state index is 12.6. The number of benzene rings is 2. The number of carbonyl (C=O) groups is 1. The van der Waals surface area contributed by atoms with Crippen molar-refractivity contribution in [3.8, 4) is 17.0 Å². The molecule has 0 saturated heterocycles. The molecule has 0 radical (unpaired) electrons. The van der Waals surface area contributed by atoms with Crippen molar-refractivity contribution >= 4 is 28.1 Å². The third-order valence-corrected chi connectivity index (χ3v) is 5.93. The molecule has 35 heavy (non-hydrogen) atoms. The van der Waals surface area contributed by atoms with Gasteiger partial charge in [0.05, 0.1) is 17.2 Å². The highest BCUT2D eigenvalue weighted by Crippen LogP contribution is 2.27. The molecule has 0 unspecified atom stereocenters. The molecule has 4 rings (SSSR count). The normalized spacial score (nSPS) is 11.0. The van der Waals surface area contributed by atoms with Gasteiger partial charge in [0.15, 0.2) is 5.13 Å². The van der Waals surface area contributed by atoms with E-state index < -0.39 is 11.5 Å². The van der Waals surface area contributed by atoms with Crippen LogP contribution < -0.4 is 10.1 Å². The smallest absolute Gasteiger partial charge is 0.387 e. The van der Waals surface area contributed by atoms with Gasteiger partial charge in [0.2, 0.25) is 0 Å². The number of rotatable bonds is 8. The first-order valence-corrected chi connectivity index (χ1v) is 11.2. The van der Waals surface area contributed by atoms with Gasteiger partial charge in [-0.1, -0.05) is 12.1 Å². The largest absolute Gasteiger partial charge is 0.435 e. The predicted octanol–water partition coefficient (Wildman–Crippen LogP) is 5.43. The molecule has 0 atom stereocenters. The lowest BCUT2D eigenvalue weighted by Crippen LogP contribution is -2.12. The van der Waals surface area contributed by atoms with E-state index in [0.29, 0.717) is 39.9 Å². The van der Waals surface area contributed by atoms with Gasteiger partial charge in [-0.05, 0) is 55.8 Å². The molecule has 0 bridgehead atoms. The van der Waals surface area contributed by atoms with Gasteiger partial charge in [0, 0.05) is 16.5 Å². The van der Waals surface area contributed by atoms with E-state index in [9.17, 15) is 23.7 Å². The lowest BCUT2D eigenvalue weighted by molar-refractivity contribution is -0.386. The third-order valence-electron chi connectivity index (χ3n) is 5.17. The monoisotopic (exact) mass is 499 g/mol. The van der Waals surface area contributed by atoms with Gasteiger partial charge in [-0.25, -0.2) is 4.98 Å². The Morgan fingerprint density at radius 2 is 1.86 bits per heavy atom. The topological polar surface area (TPSA) is 112 Å². The Morgan fingerprint density at radius 1 is 1.17 bits per heavy atom. The van der Waals surface area contributed by atoms with E-state index in [2.05, 4.69) is 20.1 Å². The van der Waals surface area contributed by atoms with Gasteiger partial charge in [0.1, 0.15) is 17.1 Å². The van der Waals surface area contributed by atoms with Crippen molar-refractivity contribution in [2.75, 3.05) is 5.32 Å². The van der Waals surface area contributed by atoms with E-state index in [1.807, 2.05) is 0 Å². The SMILES string of the molecule is Cc1nn(Cc2ccc(C(=O)Nc3nc(-c4ccc(OC(F)F)cc4)cs3)cc2)c(C)c1[N+](=O)[O-]. The van der Waals surface area contributed by atoms with Gasteiger partial charge in [-0.3, -0.25) is 24.9 Å². The number of nitro groups is 1. The Kier molecular flexibility index (Phi) is 6.82. The van der Waals surface area contributed by atoms with Crippen LogP contribution in [0.15, 0.2) is 53.9 Å². The fraction of sp³-hybridized carbons (Fsp3) is 0.174. The molecule has 0 aliphatic heterocycles. The summed E-state index contributed by atoms with van der Waals surface area (Å²) < 4.78 is 30.5. The Balaban J connectivity index is 1.40. The van der Waals surface area contributed by atoms with Gasteiger partial charge in [0.25, 0.3) is 5.91 Å². The van der Waals surface area contributed by atoms with Crippen molar-refractivity contribution < 1.29 is 23.2 Å². The summed E-state index contributed by atoms with van der Waals surface area (Å²) in [5, 5.41) is 20.3. The second kappa shape index (κ2) is 9.97. The highest BCUT2D eigenvalue weighted by Gasteiger charge is 2.21. The van der Waals surface area contributed by atoms with Crippen LogP contribution in [-0.2, 0) is 6.54 Å². The predicted molar refractivity (Wildman–Crippen MR) is 126 cm³/mol. The molecule has 0 spiro atoms. The van der Waals surface area contributed by atoms with E-state index in [-0.39, 0.29) is 17.3 Å². The van der Waals surface area contributed by atoms with Gasteiger partial charge in [-0.15, -0.1) is 11.3 Å². The number of aryl methyl sites for hydroxylation is 1. The summed E-state index contributed by atoms with van der Waals surface area (Å²) in [6.07, 6.45) is 0. The quantitative estimate of drug-likeness (QED) is 0.255. The van der Waals surface area contributed by atoms with E-state index in [4.69, 9.17) is 0 Å². The van der Waals surface area contributed by atoms with Crippen LogP contribution in [0, 0.1) is 24.0 Å². The number of thiazole rings is 1. The Labute approximate surface area is 202 Å². The number of anilines is 1. The second-order valence-corrected chi connectivity index (χ2v) is 8.38. The molecule has 0 aliphatic carbocycles. The number of ether oxygens (including phenoxy) is 1. The zero-order chi connectivity index (χ0) is 25.1. The zero-order valence-corrected chi connectivity index (χ0v) is 19.4. The maximum atomic E-state index is 12.6. The summed E-state index contributed by atoms with van der Waals surface area (Å²) in [6, 6.07) is 12.9. The van der Waals surface area contributed by atoms with Crippen molar-refractivity contribution in [1.29, 1.82) is 0 Å². The number of hydrogen-bond acceptors (Lipinski definition) is 7. The number of alkyl halides is 2. The van der Waals surface area contributed by atoms with Crippen molar-refractivity contribution in [1.82, 2.24) is 14.8 Å². The fourth-order valence-electron chi connectivity index (χ4n) is 3.48. The molecule has 12 heteroatoms. The average Bonchev–Trinajstić information content (AvgIpc) is 3.38. The molecule has 2 heterocycles. The number of hydrogen-bond donors (Lipinski definition) is 1. The summed E-state index contributed by atoms with van der Waals surface area (Å²) >= 11 is 1.23. The minimum Gasteiger partial charge on any atom is -0.435 e. The lowest BCUT2D eigenvalue weighted by atomic mass is 10.1. The highest BCUT2D eigenvalue weighted by molar-refractivity contribution is 7.14. The fourth-order valence-corrected chi connectivity index (χ4v) is 4.19. The van der Waals surface area contributed by atoms with Crippen LogP contribution in [0.5, 0.6) is 5.75 Å². The first-order valence-electron chi connectivity index (χ1n) is 10.3. The molecule has 0 aliphatic rings. The number of aromatic nitrogens is 3. The van der Waals surface area contributed by atoms with Gasteiger partial charge in [-0.2, -0.15) is 13.9 Å². The average molecular weight is 499 g/mol. The molecule has 1 amide bonds. The summed E-state index contributed by atoms with van der Waals surface area (Å²) in [7, 11) is 0. The summed E-state index contributed by atoms with van der Waals surface area (Å²) in [5.74, 6) is -0.299. The van der Waals surface area contributed by atoms with Crippen LogP contribution in [0.3, 0.4) is 0 Å². The standard InChI is InChI=1S/C23H19F2N5O4S/c1-13-20(30(32)33)14(2)29(28-13)11-15-3-5-17(6-4-15)21(31)27-23-26-19(12-35-23)16-7-9-18(10-8-16)34-22(24)25/h3-10,12,22H,11H2,1-2H3,(H,26,27,31). The van der Waals surface area contributed by atoms with Crippen molar-refractivity contribution in [2.24, 2.45) is 0 Å². The lowest BCUT2D eigenvalue weighted by Gasteiger charge is -2.06. The molecule has 0 saturated carbocycles. The molecule has 4 aromatic rings. The van der Waals surface area contributed by atoms with Crippen LogP contribution >= 0.6 is 11.3 Å². The number of amides is 1. The molecule has 2 aromatic carbocycles. The van der Waals surface area contributed by atoms with Crippen LogP contribution in [0.1, 0.15) is 27.3 Å². The number of nitrogens with zero attached hydrogens (tertiary/aromatic N) is 4. The summed E-state index contributed by atoms with van der Waals surface area (Å²) in [6.45, 7) is 0.680. The first-order chi connectivity index (χ1) is 16.7. The molecule has 9 nitrogen and oxygen atoms in total. The first kappa shape index (κ1) is 24.0. The van der Waals surface area contributed by atoms with Crippen LogP contribution in [0.25, 0.3) is 11.3 Å². The molecule has 180 valence electrons. The molecular weight excluding hydrogens is 480 g/mol. The van der Waals surface area contributed by atoms with Crippen LogP contribution in [-0.4, -0.2) is 32.2 Å². The third kappa shape index (κ3) is 5.49. The van der Waals surface area contributed by atoms with E-state index in [1.54, 1.807) is 60.3 Å². The number of nitrogens with one attached hydrogen (secondary N) is 1. The summed E-state index contributed by atoms with van der Waals surface area (Å²) in [4.78, 5) is 27.7. The molecule has 1 N–H and O–H groups in total. The molecular formula is C23H19F2N5O4S. The minimum absolute atomic E-state index is 0.00116. The molecule has 0 fully saturated rings. The van der Waals surface area contributed by atoms with E-state index >= 15 is 0 Å². The maximum Gasteiger partial charge on any atom is 0.387 e. The van der Waals surface area contributed by atoms with Crippen LogP contribution in [0.4, 0.5) is 19.6 Å². The Morgan fingerprint density at radius 3 is 2.46 bits per heavy atom. The highest BCUT2D eigenvalue weighted by atomic mass is 32.1. The zero-order valence-electron chi connectivity index (χ0n) is 18.6. The van der Waals surface area contributed by atoms with Crippen molar-refractivity contribution in [3.63, 3.8) is 0 Å². The van der Waals surface area contributed by atoms with E-state index in [0.717, 1.165) is 5.56 Å². The molecule has 2 aromatic heterocycles. The van der Waals surface area contributed by atoms with Gasteiger partial charge < -0.3 is 4.74 Å². The van der Waals surface area contributed by atoms with Crippen LogP contribution in [0.2, 0.25) is 0 Å². The van der Waals surface area contributed by atoms with Crippen molar-refractivity contribution in [2.45, 2.75) is 27.0 Å². The number of halogens is 2. The second-order valence-electron chi connectivity index (χ2n) is 7.53. The van der Waals surface area contributed by atoms with Crippen molar-refractivity contribution in [3.05, 3.63) is 86.5 Å². The minimum atomic E-state index is -2.89. The van der Waals surface area contributed by atoms with E-state index in [1.165, 1.54) is 23.5 Å². The Bertz CT molecular complexity index is 1370. The Hall–Kier alpha value is -4.19. The van der Waals surface area contributed by atoms with Gasteiger partial charge >= 0.3 is 12.3 Å². The number of carbonyl (C=O) groups excluding carboxylic acids is 1. The summed E-state index contributed by atoms with van der Waals surface area (Å²) in [5.41, 5.74) is 3.34.